The van der Waals surface area contributed by atoms with Crippen LogP contribution < -0.4 is 9.47 Å². The third-order valence-electron chi connectivity index (χ3n) is 3.28. The van der Waals surface area contributed by atoms with Crippen LogP contribution in [-0.4, -0.2) is 12.9 Å². The molecule has 0 spiro atoms. The van der Waals surface area contributed by atoms with Crippen molar-refractivity contribution in [1.29, 1.82) is 0 Å². The Kier molecular flexibility index (Phi) is 5.13. The van der Waals surface area contributed by atoms with E-state index in [0.717, 1.165) is 0 Å². The van der Waals surface area contributed by atoms with Crippen LogP contribution in [0.5, 0.6) is 11.5 Å². The predicted octanol–water partition coefficient (Wildman–Crippen LogP) is 4.82. The minimum atomic E-state index is -0.0341. The maximum atomic E-state index is 11.9. The third-order valence-corrected chi connectivity index (χ3v) is 4.17. The number of hydrogen-bond donors (Lipinski definition) is 0. The van der Waals surface area contributed by atoms with Crippen LogP contribution >= 0.6 is 11.3 Å². The minimum absolute atomic E-state index is 0.0341. The van der Waals surface area contributed by atoms with E-state index in [1.54, 1.807) is 25.3 Å². The molecule has 0 amide bonds. The lowest BCUT2D eigenvalue weighted by molar-refractivity contribution is 0.105. The molecule has 2 aromatic heterocycles. The Morgan fingerprint density at radius 3 is 2.71 bits per heavy atom. The summed E-state index contributed by atoms with van der Waals surface area (Å²) in [6.45, 7) is 0.285. The number of thiophene rings is 1. The summed E-state index contributed by atoms with van der Waals surface area (Å²) in [6, 6.07) is 14.7. The van der Waals surface area contributed by atoms with Crippen molar-refractivity contribution in [1.82, 2.24) is 0 Å². The molecule has 0 aliphatic heterocycles. The third kappa shape index (κ3) is 3.94. The van der Waals surface area contributed by atoms with Gasteiger partial charge < -0.3 is 13.9 Å². The van der Waals surface area contributed by atoms with E-state index in [2.05, 4.69) is 0 Å². The van der Waals surface area contributed by atoms with Crippen LogP contribution in [0.3, 0.4) is 0 Å². The molecule has 0 fully saturated rings. The summed E-state index contributed by atoms with van der Waals surface area (Å²) >= 11 is 1.42. The molecule has 0 aliphatic rings. The van der Waals surface area contributed by atoms with Crippen molar-refractivity contribution < 1.29 is 18.7 Å². The summed E-state index contributed by atoms with van der Waals surface area (Å²) in [7, 11) is 1.60. The maximum absolute atomic E-state index is 11.9. The van der Waals surface area contributed by atoms with Crippen LogP contribution in [-0.2, 0) is 6.61 Å². The number of ether oxygens (including phenoxy) is 2. The Bertz CT molecular complexity index is 831. The first-order valence-electron chi connectivity index (χ1n) is 7.36. The van der Waals surface area contributed by atoms with Crippen molar-refractivity contribution in [3.8, 4) is 11.5 Å². The first-order valence-corrected chi connectivity index (χ1v) is 8.24. The lowest BCUT2D eigenvalue weighted by Gasteiger charge is -2.08. The lowest BCUT2D eigenvalue weighted by atomic mass is 10.3. The molecule has 0 saturated carbocycles. The Hall–Kier alpha value is -2.79. The van der Waals surface area contributed by atoms with Gasteiger partial charge in [-0.15, -0.1) is 11.3 Å². The number of ketones is 1. The van der Waals surface area contributed by atoms with E-state index in [1.165, 1.54) is 17.4 Å². The van der Waals surface area contributed by atoms with Gasteiger partial charge >= 0.3 is 0 Å². The maximum Gasteiger partial charge on any atom is 0.195 e. The highest BCUT2D eigenvalue weighted by molar-refractivity contribution is 7.12. The number of allylic oxidation sites excluding steroid dienone is 1. The summed E-state index contributed by atoms with van der Waals surface area (Å²) in [6.07, 6.45) is 3.17. The zero-order chi connectivity index (χ0) is 16.8. The molecular formula is C19H16O4S. The summed E-state index contributed by atoms with van der Waals surface area (Å²) in [5, 5.41) is 1.88. The van der Waals surface area contributed by atoms with Crippen LogP contribution in [0.1, 0.15) is 21.2 Å². The molecule has 0 atom stereocenters. The SMILES string of the molecule is COc1ccccc1OCc1ccc(/C=C/C(=O)c2cccs2)o1. The number of benzene rings is 1. The standard InChI is InChI=1S/C19H16O4S/c1-21-17-5-2-3-6-18(17)22-13-15-9-8-14(23-15)10-11-16(20)19-7-4-12-24-19/h2-12H,13H2,1H3/b11-10+. The molecular weight excluding hydrogens is 324 g/mol. The van der Waals surface area contributed by atoms with E-state index in [-0.39, 0.29) is 12.4 Å². The highest BCUT2D eigenvalue weighted by atomic mass is 32.1. The molecule has 0 saturated heterocycles. The van der Waals surface area contributed by atoms with E-state index in [0.29, 0.717) is 27.9 Å². The Balaban J connectivity index is 1.60. The lowest BCUT2D eigenvalue weighted by Crippen LogP contribution is -1.96. The summed E-state index contributed by atoms with van der Waals surface area (Å²) in [5.41, 5.74) is 0. The van der Waals surface area contributed by atoms with Crippen molar-refractivity contribution in [3.05, 3.63) is 76.4 Å². The zero-order valence-corrected chi connectivity index (χ0v) is 13.9. The average Bonchev–Trinajstić information content (AvgIpc) is 3.30. The predicted molar refractivity (Wildman–Crippen MR) is 93.7 cm³/mol. The number of rotatable bonds is 7. The molecule has 5 heteroatoms. The molecule has 0 radical (unpaired) electrons. The van der Waals surface area contributed by atoms with Gasteiger partial charge in [-0.3, -0.25) is 4.79 Å². The molecule has 0 N–H and O–H groups in total. The van der Waals surface area contributed by atoms with E-state index >= 15 is 0 Å². The highest BCUT2D eigenvalue weighted by Gasteiger charge is 2.06. The first-order chi connectivity index (χ1) is 11.8. The van der Waals surface area contributed by atoms with Crippen LogP contribution in [0, 0.1) is 0 Å². The number of hydrogen-bond acceptors (Lipinski definition) is 5. The molecule has 1 aromatic carbocycles. The van der Waals surface area contributed by atoms with Gasteiger partial charge in [0.05, 0.1) is 12.0 Å². The molecule has 24 heavy (non-hydrogen) atoms. The Morgan fingerprint density at radius 2 is 1.96 bits per heavy atom. The van der Waals surface area contributed by atoms with Crippen molar-refractivity contribution in [3.63, 3.8) is 0 Å². The van der Waals surface area contributed by atoms with Crippen LogP contribution in [0.4, 0.5) is 0 Å². The second-order valence-corrected chi connectivity index (χ2v) is 5.87. The fraction of sp³-hybridized carbons (Fsp3) is 0.105. The largest absolute Gasteiger partial charge is 0.493 e. The van der Waals surface area contributed by atoms with Gasteiger partial charge in [0.1, 0.15) is 18.1 Å². The van der Waals surface area contributed by atoms with Crippen molar-refractivity contribution in [2.45, 2.75) is 6.61 Å². The Labute approximate surface area is 144 Å². The number of furan rings is 1. The number of carbonyl (C=O) groups is 1. The van der Waals surface area contributed by atoms with Crippen LogP contribution in [0.2, 0.25) is 0 Å². The van der Waals surface area contributed by atoms with E-state index in [9.17, 15) is 4.79 Å². The minimum Gasteiger partial charge on any atom is -0.493 e. The van der Waals surface area contributed by atoms with E-state index in [4.69, 9.17) is 13.9 Å². The van der Waals surface area contributed by atoms with Gasteiger partial charge in [-0.25, -0.2) is 0 Å². The topological polar surface area (TPSA) is 48.7 Å². The molecule has 122 valence electrons. The molecule has 3 rings (SSSR count). The van der Waals surface area contributed by atoms with Crippen LogP contribution in [0.25, 0.3) is 6.08 Å². The van der Waals surface area contributed by atoms with E-state index < -0.39 is 0 Å². The van der Waals surface area contributed by atoms with Gasteiger partial charge in [0.25, 0.3) is 0 Å². The highest BCUT2D eigenvalue weighted by Crippen LogP contribution is 2.26. The summed E-state index contributed by atoms with van der Waals surface area (Å²) < 4.78 is 16.6. The molecule has 3 aromatic rings. The molecule has 2 heterocycles. The number of carbonyl (C=O) groups excluding carboxylic acids is 1. The molecule has 0 aliphatic carbocycles. The van der Waals surface area contributed by atoms with Crippen molar-refractivity contribution in [2.75, 3.05) is 7.11 Å². The van der Waals surface area contributed by atoms with Gasteiger partial charge in [-0.05, 0) is 47.9 Å². The molecule has 0 unspecified atom stereocenters. The molecule has 0 bridgehead atoms. The smallest absolute Gasteiger partial charge is 0.195 e. The van der Waals surface area contributed by atoms with Gasteiger partial charge in [0, 0.05) is 0 Å². The van der Waals surface area contributed by atoms with E-state index in [1.807, 2.05) is 41.8 Å². The van der Waals surface area contributed by atoms with Crippen molar-refractivity contribution >= 4 is 23.2 Å². The average molecular weight is 340 g/mol. The second-order valence-electron chi connectivity index (χ2n) is 4.92. The van der Waals surface area contributed by atoms with Gasteiger partial charge in [0.15, 0.2) is 17.3 Å². The number of para-hydroxylation sites is 2. The van der Waals surface area contributed by atoms with Gasteiger partial charge in [-0.1, -0.05) is 18.2 Å². The van der Waals surface area contributed by atoms with Gasteiger partial charge in [0.2, 0.25) is 0 Å². The first kappa shape index (κ1) is 16.1. The quantitative estimate of drug-likeness (QED) is 0.457. The van der Waals surface area contributed by atoms with Crippen molar-refractivity contribution in [2.24, 2.45) is 0 Å². The molecule has 4 nitrogen and oxygen atoms in total. The zero-order valence-electron chi connectivity index (χ0n) is 13.1. The Morgan fingerprint density at radius 1 is 1.12 bits per heavy atom. The monoisotopic (exact) mass is 340 g/mol. The summed E-state index contributed by atoms with van der Waals surface area (Å²) in [5.74, 6) is 2.57. The van der Waals surface area contributed by atoms with Crippen LogP contribution in [0.15, 0.2) is 64.4 Å². The fourth-order valence-electron chi connectivity index (χ4n) is 2.11. The summed E-state index contributed by atoms with van der Waals surface area (Å²) in [4.78, 5) is 12.6. The fourth-order valence-corrected chi connectivity index (χ4v) is 2.75. The second kappa shape index (κ2) is 7.66. The van der Waals surface area contributed by atoms with Gasteiger partial charge in [-0.2, -0.15) is 0 Å². The normalized spacial score (nSPS) is 10.9. The number of methoxy groups -OCH3 is 1.